The average Bonchev–Trinajstić information content (AvgIpc) is 3.05. The maximum absolute atomic E-state index is 13.3. The summed E-state index contributed by atoms with van der Waals surface area (Å²) in [4.78, 5) is 26.9. The summed E-state index contributed by atoms with van der Waals surface area (Å²) in [5, 5.41) is 2.61. The van der Waals surface area contributed by atoms with Crippen molar-refractivity contribution >= 4 is 27.5 Å². The van der Waals surface area contributed by atoms with Crippen molar-refractivity contribution in [1.29, 1.82) is 0 Å². The maximum Gasteiger partial charge on any atom is 0.325 e. The molecule has 0 saturated carbocycles. The molecule has 0 aromatic heterocycles. The molecule has 1 aromatic rings. The molecule has 0 aliphatic carbocycles. The van der Waals surface area contributed by atoms with Crippen molar-refractivity contribution in [2.75, 3.05) is 36.0 Å². The van der Waals surface area contributed by atoms with E-state index < -0.39 is 39.5 Å². The fourth-order valence-electron chi connectivity index (χ4n) is 2.98. The van der Waals surface area contributed by atoms with Gasteiger partial charge in [0.1, 0.15) is 6.54 Å². The first-order valence-electron chi connectivity index (χ1n) is 7.76. The summed E-state index contributed by atoms with van der Waals surface area (Å²) in [6.45, 7) is 0.290. The van der Waals surface area contributed by atoms with Gasteiger partial charge in [-0.1, -0.05) is 0 Å². The van der Waals surface area contributed by atoms with Gasteiger partial charge in [-0.3, -0.25) is 9.69 Å². The number of carbonyl (C=O) groups excluding carboxylic acids is 2. The number of benzene rings is 1. The molecule has 1 unspecified atom stereocenters. The van der Waals surface area contributed by atoms with Crippen LogP contribution in [0.2, 0.25) is 0 Å². The molecule has 3 rings (SSSR count). The highest BCUT2D eigenvalue weighted by Crippen LogP contribution is 2.22. The Labute approximate surface area is 143 Å². The topological polar surface area (TPSA) is 86.8 Å². The van der Waals surface area contributed by atoms with Crippen molar-refractivity contribution in [3.05, 3.63) is 29.8 Å². The first-order valence-corrected chi connectivity index (χ1v) is 9.58. The van der Waals surface area contributed by atoms with E-state index in [1.807, 2.05) is 0 Å². The lowest BCUT2D eigenvalue weighted by Crippen LogP contribution is -2.44. The molecule has 0 bridgehead atoms. The van der Waals surface area contributed by atoms with E-state index in [0.29, 0.717) is 6.42 Å². The standard InChI is InChI=1S/C15H17F2N3O4S/c16-12-2-1-11(7-13(12)17)20-5-4-19(15(20)22)8-14(21)18-10-3-6-25(23,24)9-10/h1-2,7,10H,3-6,8-9H2,(H,18,21). The van der Waals surface area contributed by atoms with Gasteiger partial charge in [0.2, 0.25) is 5.91 Å². The van der Waals surface area contributed by atoms with Gasteiger partial charge in [0, 0.05) is 30.9 Å². The van der Waals surface area contributed by atoms with Gasteiger partial charge in [-0.05, 0) is 18.6 Å². The van der Waals surface area contributed by atoms with Gasteiger partial charge in [-0.15, -0.1) is 0 Å². The maximum atomic E-state index is 13.3. The zero-order valence-electron chi connectivity index (χ0n) is 13.2. The summed E-state index contributed by atoms with van der Waals surface area (Å²) in [5.41, 5.74) is 0.216. The number of halogens is 2. The quantitative estimate of drug-likeness (QED) is 0.833. The number of hydrogen-bond acceptors (Lipinski definition) is 4. The zero-order chi connectivity index (χ0) is 18.2. The van der Waals surface area contributed by atoms with Crippen LogP contribution in [0.3, 0.4) is 0 Å². The molecule has 0 spiro atoms. The van der Waals surface area contributed by atoms with Gasteiger partial charge in [0.05, 0.1) is 11.5 Å². The lowest BCUT2D eigenvalue weighted by atomic mass is 10.2. The van der Waals surface area contributed by atoms with E-state index in [-0.39, 0.29) is 36.8 Å². The van der Waals surface area contributed by atoms with E-state index in [2.05, 4.69) is 5.32 Å². The molecular formula is C15H17F2N3O4S. The van der Waals surface area contributed by atoms with Crippen LogP contribution in [0, 0.1) is 11.6 Å². The highest BCUT2D eigenvalue weighted by atomic mass is 32.2. The van der Waals surface area contributed by atoms with Gasteiger partial charge >= 0.3 is 6.03 Å². The fraction of sp³-hybridized carbons (Fsp3) is 0.467. The highest BCUT2D eigenvalue weighted by Gasteiger charge is 2.33. The van der Waals surface area contributed by atoms with Crippen LogP contribution in [0.5, 0.6) is 0 Å². The average molecular weight is 373 g/mol. The molecule has 2 heterocycles. The largest absolute Gasteiger partial charge is 0.351 e. The number of sulfone groups is 1. The summed E-state index contributed by atoms with van der Waals surface area (Å²) in [6, 6.07) is 2.25. The number of nitrogens with zero attached hydrogens (tertiary/aromatic N) is 2. The summed E-state index contributed by atoms with van der Waals surface area (Å²) in [6.07, 6.45) is 0.364. The SMILES string of the molecule is O=C(CN1CCN(c2ccc(F)c(F)c2)C1=O)NC1CCS(=O)(=O)C1. The third-order valence-electron chi connectivity index (χ3n) is 4.24. The number of rotatable bonds is 4. The van der Waals surface area contributed by atoms with E-state index in [9.17, 15) is 26.8 Å². The third kappa shape index (κ3) is 3.89. The second kappa shape index (κ2) is 6.58. The number of carbonyl (C=O) groups is 2. The van der Waals surface area contributed by atoms with E-state index in [0.717, 1.165) is 12.1 Å². The summed E-state index contributed by atoms with van der Waals surface area (Å²) < 4.78 is 49.1. The fourth-order valence-corrected chi connectivity index (χ4v) is 4.65. The number of hydrogen-bond donors (Lipinski definition) is 1. The summed E-state index contributed by atoms with van der Waals surface area (Å²) >= 11 is 0. The lowest BCUT2D eigenvalue weighted by Gasteiger charge is -2.19. The Balaban J connectivity index is 1.58. The van der Waals surface area contributed by atoms with Gasteiger partial charge < -0.3 is 10.2 Å². The molecule has 2 aliphatic heterocycles. The Bertz CT molecular complexity index is 815. The molecular weight excluding hydrogens is 356 g/mol. The van der Waals surface area contributed by atoms with Crippen LogP contribution >= 0.6 is 0 Å². The number of nitrogens with one attached hydrogen (secondary N) is 1. The van der Waals surface area contributed by atoms with Crippen molar-refractivity contribution in [3.63, 3.8) is 0 Å². The second-order valence-corrected chi connectivity index (χ2v) is 8.35. The van der Waals surface area contributed by atoms with Crippen molar-refractivity contribution in [1.82, 2.24) is 10.2 Å². The molecule has 2 aliphatic rings. The van der Waals surface area contributed by atoms with E-state index >= 15 is 0 Å². The molecule has 7 nitrogen and oxygen atoms in total. The molecule has 3 amide bonds. The summed E-state index contributed by atoms with van der Waals surface area (Å²) in [5.74, 6) is -2.54. The van der Waals surface area contributed by atoms with Gasteiger partial charge in [0.25, 0.3) is 0 Å². The van der Waals surface area contributed by atoms with Crippen LogP contribution in [0.1, 0.15) is 6.42 Å². The molecule has 1 aromatic carbocycles. The van der Waals surface area contributed by atoms with Gasteiger partial charge in [-0.2, -0.15) is 0 Å². The molecule has 25 heavy (non-hydrogen) atoms. The Kier molecular flexibility index (Phi) is 4.63. The Morgan fingerprint density at radius 2 is 2.00 bits per heavy atom. The molecule has 2 fully saturated rings. The van der Waals surface area contributed by atoms with Crippen LogP contribution in [0.25, 0.3) is 0 Å². The number of amides is 3. The predicted octanol–water partition coefficient (Wildman–Crippen LogP) is 0.510. The minimum absolute atomic E-state index is 0.0461. The van der Waals surface area contributed by atoms with E-state index in [1.165, 1.54) is 15.9 Å². The normalized spacial score (nSPS) is 22.5. The van der Waals surface area contributed by atoms with Crippen LogP contribution in [-0.4, -0.2) is 62.4 Å². The highest BCUT2D eigenvalue weighted by molar-refractivity contribution is 7.91. The first-order chi connectivity index (χ1) is 11.7. The van der Waals surface area contributed by atoms with E-state index in [1.54, 1.807) is 0 Å². The molecule has 1 atom stereocenters. The molecule has 136 valence electrons. The zero-order valence-corrected chi connectivity index (χ0v) is 14.1. The Hall–Kier alpha value is -2.23. The molecule has 2 saturated heterocycles. The van der Waals surface area contributed by atoms with Gasteiger partial charge in [-0.25, -0.2) is 22.0 Å². The minimum Gasteiger partial charge on any atom is -0.351 e. The van der Waals surface area contributed by atoms with Crippen molar-refractivity contribution in [3.8, 4) is 0 Å². The van der Waals surface area contributed by atoms with Crippen molar-refractivity contribution < 1.29 is 26.8 Å². The Morgan fingerprint density at radius 1 is 1.24 bits per heavy atom. The second-order valence-electron chi connectivity index (χ2n) is 6.12. The third-order valence-corrected chi connectivity index (χ3v) is 6.01. The monoisotopic (exact) mass is 373 g/mol. The predicted molar refractivity (Wildman–Crippen MR) is 85.9 cm³/mol. The van der Waals surface area contributed by atoms with Crippen molar-refractivity contribution in [2.24, 2.45) is 0 Å². The molecule has 10 heteroatoms. The number of urea groups is 1. The molecule has 1 N–H and O–H groups in total. The van der Waals surface area contributed by atoms with E-state index in [4.69, 9.17) is 0 Å². The lowest BCUT2D eigenvalue weighted by molar-refractivity contribution is -0.122. The van der Waals surface area contributed by atoms with Crippen LogP contribution in [0.4, 0.5) is 19.3 Å². The summed E-state index contributed by atoms with van der Waals surface area (Å²) in [7, 11) is -3.10. The van der Waals surface area contributed by atoms with Crippen molar-refractivity contribution in [2.45, 2.75) is 12.5 Å². The van der Waals surface area contributed by atoms with Gasteiger partial charge in [0.15, 0.2) is 21.5 Å². The minimum atomic E-state index is -3.10. The molecule has 0 radical (unpaired) electrons. The first kappa shape index (κ1) is 17.6. The number of anilines is 1. The van der Waals surface area contributed by atoms with Crippen LogP contribution in [-0.2, 0) is 14.6 Å². The smallest absolute Gasteiger partial charge is 0.325 e. The van der Waals surface area contributed by atoms with Crippen LogP contribution in [0.15, 0.2) is 18.2 Å². The van der Waals surface area contributed by atoms with Crippen LogP contribution < -0.4 is 10.2 Å². The Morgan fingerprint density at radius 3 is 2.64 bits per heavy atom.